The van der Waals surface area contributed by atoms with Crippen molar-refractivity contribution in [1.29, 1.82) is 0 Å². The van der Waals surface area contributed by atoms with Gasteiger partial charge in [0, 0.05) is 27.6 Å². The Morgan fingerprint density at radius 3 is 2.58 bits per heavy atom. The summed E-state index contributed by atoms with van der Waals surface area (Å²) in [5.74, 6) is 0.602. The Morgan fingerprint density at radius 2 is 1.81 bits per heavy atom. The summed E-state index contributed by atoms with van der Waals surface area (Å²) >= 11 is 0. The number of fused-ring (bicyclic) bond motifs is 2. The largest absolute Gasteiger partial charge is 0.456 e. The highest BCUT2D eigenvalue weighted by Gasteiger charge is 2.36. The van der Waals surface area contributed by atoms with Crippen molar-refractivity contribution in [3.8, 4) is 22.6 Å². The van der Waals surface area contributed by atoms with Crippen LogP contribution in [0.1, 0.15) is 61.3 Å². The van der Waals surface area contributed by atoms with Crippen molar-refractivity contribution < 1.29 is 10.2 Å². The van der Waals surface area contributed by atoms with E-state index < -0.39 is 18.2 Å². The molecule has 3 aromatic rings. The molecule has 0 radical (unpaired) electrons. The van der Waals surface area contributed by atoms with E-state index in [1.165, 1.54) is 0 Å². The first kappa shape index (κ1) is 12.8. The highest BCUT2D eigenvalue weighted by Crippen LogP contribution is 2.52. The molecular formula is C25H26O. The van der Waals surface area contributed by atoms with Crippen LogP contribution in [0.2, 0.25) is 0 Å². The molecule has 3 aromatic carbocycles. The SMILES string of the molecule is [2H]C([2H])([2H])c1ccc(-c2cccc(C([2H])(C)C)c2)c2c1C(C)(C)c1ccccc1O2. The van der Waals surface area contributed by atoms with Crippen LogP contribution in [0, 0.1) is 6.85 Å². The van der Waals surface area contributed by atoms with Crippen molar-refractivity contribution >= 4 is 0 Å². The second kappa shape index (κ2) is 6.02. The Bertz CT molecular complexity index is 1120. The first-order valence-corrected chi connectivity index (χ1v) is 8.97. The molecule has 1 nitrogen and oxygen atoms in total. The molecule has 0 fully saturated rings. The van der Waals surface area contributed by atoms with Crippen LogP contribution in [-0.4, -0.2) is 0 Å². The maximum atomic E-state index is 8.39. The summed E-state index contributed by atoms with van der Waals surface area (Å²) in [4.78, 5) is 0. The van der Waals surface area contributed by atoms with Gasteiger partial charge in [0.15, 0.2) is 0 Å². The van der Waals surface area contributed by atoms with Crippen molar-refractivity contribution in [2.45, 2.75) is 45.9 Å². The van der Waals surface area contributed by atoms with Gasteiger partial charge in [0.1, 0.15) is 11.5 Å². The van der Waals surface area contributed by atoms with Gasteiger partial charge < -0.3 is 4.74 Å². The molecule has 0 unspecified atom stereocenters. The Labute approximate surface area is 162 Å². The normalized spacial score (nSPS) is 17.7. The summed E-state index contributed by atoms with van der Waals surface area (Å²) in [6.45, 7) is 5.57. The van der Waals surface area contributed by atoms with Crippen LogP contribution in [0.25, 0.3) is 11.1 Å². The standard InChI is InChI=1S/C25H26O/c1-16(2)18-9-8-10-19(15-18)20-14-13-17(3)23-24(20)26-22-12-7-6-11-21(22)25(23,4)5/h6-16H,1-5H3/i3D3,16D. The van der Waals surface area contributed by atoms with Crippen molar-refractivity contribution in [3.63, 3.8) is 0 Å². The molecule has 0 saturated carbocycles. The monoisotopic (exact) mass is 346 g/mol. The zero-order chi connectivity index (χ0) is 21.9. The predicted molar refractivity (Wildman–Crippen MR) is 109 cm³/mol. The van der Waals surface area contributed by atoms with Gasteiger partial charge in [-0.05, 0) is 35.5 Å². The summed E-state index contributed by atoms with van der Waals surface area (Å²) in [6, 6.07) is 19.2. The van der Waals surface area contributed by atoms with Gasteiger partial charge in [0.25, 0.3) is 0 Å². The van der Waals surface area contributed by atoms with Crippen molar-refractivity contribution in [1.82, 2.24) is 0 Å². The maximum Gasteiger partial charge on any atom is 0.139 e. The van der Waals surface area contributed by atoms with Crippen LogP contribution in [0.5, 0.6) is 11.5 Å². The highest BCUT2D eigenvalue weighted by molar-refractivity contribution is 5.77. The first-order valence-electron chi connectivity index (χ1n) is 11.0. The topological polar surface area (TPSA) is 9.23 Å². The third-order valence-corrected chi connectivity index (χ3v) is 5.31. The molecule has 4 rings (SSSR count). The highest BCUT2D eigenvalue weighted by atomic mass is 16.5. The molecule has 0 spiro atoms. The molecule has 0 saturated heterocycles. The molecule has 132 valence electrons. The lowest BCUT2D eigenvalue weighted by molar-refractivity contribution is 0.418. The number of hydrogen-bond donors (Lipinski definition) is 0. The minimum atomic E-state index is -2.25. The van der Waals surface area contributed by atoms with E-state index in [1.54, 1.807) is 6.07 Å². The van der Waals surface area contributed by atoms with E-state index in [2.05, 4.69) is 13.8 Å². The van der Waals surface area contributed by atoms with E-state index in [1.807, 2.05) is 68.4 Å². The van der Waals surface area contributed by atoms with Crippen LogP contribution >= 0.6 is 0 Å². The Balaban J connectivity index is 2.02. The van der Waals surface area contributed by atoms with E-state index in [4.69, 9.17) is 10.2 Å². The second-order valence-electron chi connectivity index (χ2n) is 7.67. The van der Waals surface area contributed by atoms with Gasteiger partial charge in [-0.3, -0.25) is 0 Å². The van der Waals surface area contributed by atoms with Gasteiger partial charge in [0.2, 0.25) is 0 Å². The fourth-order valence-electron chi connectivity index (χ4n) is 3.85. The van der Waals surface area contributed by atoms with Gasteiger partial charge in [-0.25, -0.2) is 0 Å². The van der Waals surface area contributed by atoms with Gasteiger partial charge in [-0.1, -0.05) is 82.3 Å². The van der Waals surface area contributed by atoms with E-state index >= 15 is 0 Å². The van der Waals surface area contributed by atoms with E-state index in [-0.39, 0.29) is 0 Å². The second-order valence-corrected chi connectivity index (χ2v) is 7.67. The van der Waals surface area contributed by atoms with Crippen LogP contribution in [0.15, 0.2) is 60.7 Å². The Kier molecular flexibility index (Phi) is 2.95. The summed E-state index contributed by atoms with van der Waals surface area (Å²) in [7, 11) is 0. The van der Waals surface area contributed by atoms with Crippen LogP contribution in [0.3, 0.4) is 0 Å². The number of rotatable bonds is 2. The fraction of sp³-hybridized carbons (Fsp3) is 0.280. The first-order chi connectivity index (χ1) is 13.9. The molecule has 0 aliphatic carbocycles. The lowest BCUT2D eigenvalue weighted by atomic mass is 9.73. The summed E-state index contributed by atoms with van der Waals surface area (Å²) in [5.41, 5.74) is 4.11. The fourth-order valence-corrected chi connectivity index (χ4v) is 3.85. The molecule has 1 heterocycles. The van der Waals surface area contributed by atoms with Crippen molar-refractivity contribution in [2.75, 3.05) is 0 Å². The van der Waals surface area contributed by atoms with Gasteiger partial charge in [-0.15, -0.1) is 0 Å². The zero-order valence-corrected chi connectivity index (χ0v) is 15.7. The maximum absolute atomic E-state index is 8.39. The van der Waals surface area contributed by atoms with Crippen LogP contribution in [-0.2, 0) is 5.41 Å². The molecule has 0 atom stereocenters. The quantitative estimate of drug-likeness (QED) is 0.476. The van der Waals surface area contributed by atoms with Gasteiger partial charge in [0.05, 0.1) is 0 Å². The number of benzene rings is 3. The Morgan fingerprint density at radius 1 is 1.00 bits per heavy atom. The van der Waals surface area contributed by atoms with Crippen molar-refractivity contribution in [2.24, 2.45) is 0 Å². The third-order valence-electron chi connectivity index (χ3n) is 5.31. The minimum Gasteiger partial charge on any atom is -0.456 e. The molecule has 1 heteroatoms. The Hall–Kier alpha value is -2.54. The summed E-state index contributed by atoms with van der Waals surface area (Å²) < 4.78 is 39.1. The third kappa shape index (κ3) is 2.54. The summed E-state index contributed by atoms with van der Waals surface area (Å²) in [6.07, 6.45) is 0. The molecule has 1 aliphatic rings. The lowest BCUT2D eigenvalue weighted by Gasteiger charge is -2.36. The summed E-state index contributed by atoms with van der Waals surface area (Å²) in [5, 5.41) is 0. The molecular weight excluding hydrogens is 316 g/mol. The lowest BCUT2D eigenvalue weighted by Crippen LogP contribution is -2.25. The zero-order valence-electron chi connectivity index (χ0n) is 19.7. The molecule has 0 aromatic heterocycles. The van der Waals surface area contributed by atoms with Gasteiger partial charge in [-0.2, -0.15) is 0 Å². The van der Waals surface area contributed by atoms with E-state index in [0.29, 0.717) is 16.9 Å². The molecule has 0 N–H and O–H groups in total. The number of hydrogen-bond acceptors (Lipinski definition) is 1. The predicted octanol–water partition coefficient (Wildman–Crippen LogP) is 7.22. The van der Waals surface area contributed by atoms with Crippen LogP contribution in [0.4, 0.5) is 0 Å². The number of ether oxygens (including phenoxy) is 1. The molecule has 0 bridgehead atoms. The minimum absolute atomic E-state index is 0.317. The van der Waals surface area contributed by atoms with E-state index in [9.17, 15) is 0 Å². The van der Waals surface area contributed by atoms with Crippen LogP contribution < -0.4 is 4.74 Å². The molecule has 1 aliphatic heterocycles. The number of aryl methyl sites for hydroxylation is 1. The van der Waals surface area contributed by atoms with Gasteiger partial charge >= 0.3 is 0 Å². The smallest absolute Gasteiger partial charge is 0.139 e. The average Bonchev–Trinajstić information content (AvgIpc) is 2.66. The van der Waals surface area contributed by atoms with E-state index in [0.717, 1.165) is 28.0 Å². The van der Waals surface area contributed by atoms with Crippen molar-refractivity contribution in [3.05, 3.63) is 82.9 Å². The molecule has 0 amide bonds. The molecule has 26 heavy (non-hydrogen) atoms. The average molecular weight is 347 g/mol. The number of para-hydroxylation sites is 1.